The lowest BCUT2D eigenvalue weighted by Crippen LogP contribution is -2.38. The maximum absolute atomic E-state index is 11.9. The molecule has 1 aliphatic heterocycles. The molecular formula is C18H28N2O. The van der Waals surface area contributed by atoms with Crippen LogP contribution in [0.2, 0.25) is 0 Å². The van der Waals surface area contributed by atoms with Crippen molar-refractivity contribution in [3.05, 3.63) is 35.4 Å². The van der Waals surface area contributed by atoms with Gasteiger partial charge in [0.05, 0.1) is 0 Å². The van der Waals surface area contributed by atoms with E-state index in [0.29, 0.717) is 17.8 Å². The molecule has 1 fully saturated rings. The SMILES string of the molecule is CC(=O)N(CC(C)C)CC1CNCC1c1ccc(C)cc1. The van der Waals surface area contributed by atoms with Crippen LogP contribution >= 0.6 is 0 Å². The quantitative estimate of drug-likeness (QED) is 0.903. The maximum atomic E-state index is 11.9. The number of carbonyl (C=O) groups is 1. The Bertz CT molecular complexity index is 467. The van der Waals surface area contributed by atoms with Crippen LogP contribution in [0.5, 0.6) is 0 Å². The first-order valence-corrected chi connectivity index (χ1v) is 8.00. The highest BCUT2D eigenvalue weighted by atomic mass is 16.2. The van der Waals surface area contributed by atoms with Gasteiger partial charge in [-0.05, 0) is 24.3 Å². The number of hydrogen-bond acceptors (Lipinski definition) is 2. The Balaban J connectivity index is 2.07. The molecule has 0 spiro atoms. The zero-order chi connectivity index (χ0) is 15.4. The van der Waals surface area contributed by atoms with Gasteiger partial charge in [0.15, 0.2) is 0 Å². The fraction of sp³-hybridized carbons (Fsp3) is 0.611. The summed E-state index contributed by atoms with van der Waals surface area (Å²) in [5.41, 5.74) is 2.69. The molecule has 116 valence electrons. The number of amides is 1. The highest BCUT2D eigenvalue weighted by Gasteiger charge is 2.30. The van der Waals surface area contributed by atoms with E-state index in [1.54, 1.807) is 6.92 Å². The summed E-state index contributed by atoms with van der Waals surface area (Å²) in [6.45, 7) is 11.9. The summed E-state index contributed by atoms with van der Waals surface area (Å²) in [6.07, 6.45) is 0. The summed E-state index contributed by atoms with van der Waals surface area (Å²) in [4.78, 5) is 13.9. The second kappa shape index (κ2) is 7.08. The Morgan fingerprint density at radius 2 is 1.95 bits per heavy atom. The fourth-order valence-corrected chi connectivity index (χ4v) is 3.18. The number of nitrogens with zero attached hydrogens (tertiary/aromatic N) is 1. The second-order valence-electron chi connectivity index (χ2n) is 6.75. The van der Waals surface area contributed by atoms with Gasteiger partial charge in [-0.1, -0.05) is 43.7 Å². The summed E-state index contributed by atoms with van der Waals surface area (Å²) in [6, 6.07) is 8.84. The molecule has 3 nitrogen and oxygen atoms in total. The third kappa shape index (κ3) is 4.31. The predicted octanol–water partition coefficient (Wildman–Crippen LogP) is 2.80. The molecule has 2 unspecified atom stereocenters. The molecule has 1 aromatic carbocycles. The van der Waals surface area contributed by atoms with Crippen molar-refractivity contribution >= 4 is 5.91 Å². The number of carbonyl (C=O) groups excluding carboxylic acids is 1. The molecule has 1 aromatic rings. The van der Waals surface area contributed by atoms with Crippen LogP contribution in [0.15, 0.2) is 24.3 Å². The number of hydrogen-bond donors (Lipinski definition) is 1. The van der Waals surface area contributed by atoms with Gasteiger partial charge in [-0.25, -0.2) is 0 Å². The Morgan fingerprint density at radius 1 is 1.29 bits per heavy atom. The normalized spacial score (nSPS) is 21.8. The minimum Gasteiger partial charge on any atom is -0.342 e. The Hall–Kier alpha value is -1.35. The number of rotatable bonds is 5. The van der Waals surface area contributed by atoms with Crippen molar-refractivity contribution in [3.63, 3.8) is 0 Å². The van der Waals surface area contributed by atoms with E-state index in [1.807, 2.05) is 4.90 Å². The van der Waals surface area contributed by atoms with Gasteiger partial charge < -0.3 is 10.2 Å². The van der Waals surface area contributed by atoms with Crippen LogP contribution in [0.25, 0.3) is 0 Å². The third-order valence-electron chi connectivity index (χ3n) is 4.33. The molecule has 0 bridgehead atoms. The zero-order valence-electron chi connectivity index (χ0n) is 13.7. The first-order chi connectivity index (χ1) is 9.97. The van der Waals surface area contributed by atoms with Gasteiger partial charge in [0.1, 0.15) is 0 Å². The van der Waals surface area contributed by atoms with Crippen molar-refractivity contribution in [1.82, 2.24) is 10.2 Å². The van der Waals surface area contributed by atoms with Crippen molar-refractivity contribution in [2.45, 2.75) is 33.6 Å². The Labute approximate surface area is 128 Å². The lowest BCUT2D eigenvalue weighted by atomic mass is 9.88. The highest BCUT2D eigenvalue weighted by molar-refractivity contribution is 5.73. The lowest BCUT2D eigenvalue weighted by molar-refractivity contribution is -0.130. The number of nitrogens with one attached hydrogen (secondary N) is 1. The van der Waals surface area contributed by atoms with Crippen molar-refractivity contribution in [2.75, 3.05) is 26.2 Å². The first-order valence-electron chi connectivity index (χ1n) is 8.00. The van der Waals surface area contributed by atoms with E-state index in [1.165, 1.54) is 11.1 Å². The molecule has 0 saturated carbocycles. The molecule has 3 heteroatoms. The van der Waals surface area contributed by atoms with Gasteiger partial charge in [0.25, 0.3) is 0 Å². The lowest BCUT2D eigenvalue weighted by Gasteiger charge is -2.29. The molecule has 1 saturated heterocycles. The molecule has 1 N–H and O–H groups in total. The standard InChI is InChI=1S/C18H28N2O/c1-13(2)11-20(15(4)21)12-17-9-19-10-18(17)16-7-5-14(3)6-8-16/h5-8,13,17-19H,9-12H2,1-4H3. The van der Waals surface area contributed by atoms with Crippen LogP contribution in [-0.4, -0.2) is 37.0 Å². The van der Waals surface area contributed by atoms with Crippen LogP contribution in [-0.2, 0) is 4.79 Å². The minimum atomic E-state index is 0.193. The molecule has 1 amide bonds. The molecule has 1 heterocycles. The van der Waals surface area contributed by atoms with Crippen molar-refractivity contribution in [3.8, 4) is 0 Å². The van der Waals surface area contributed by atoms with Crippen LogP contribution in [0.1, 0.15) is 37.8 Å². The molecule has 0 aliphatic carbocycles. The molecule has 2 rings (SSSR count). The topological polar surface area (TPSA) is 32.3 Å². The summed E-state index contributed by atoms with van der Waals surface area (Å²) in [5, 5.41) is 3.50. The Morgan fingerprint density at radius 3 is 2.52 bits per heavy atom. The van der Waals surface area contributed by atoms with Crippen molar-refractivity contribution in [1.29, 1.82) is 0 Å². The molecule has 0 radical (unpaired) electrons. The smallest absolute Gasteiger partial charge is 0.219 e. The minimum absolute atomic E-state index is 0.193. The van der Waals surface area contributed by atoms with Gasteiger partial charge >= 0.3 is 0 Å². The molecule has 2 atom stereocenters. The van der Waals surface area contributed by atoms with Crippen LogP contribution < -0.4 is 5.32 Å². The zero-order valence-corrected chi connectivity index (χ0v) is 13.7. The second-order valence-corrected chi connectivity index (χ2v) is 6.75. The molecule has 21 heavy (non-hydrogen) atoms. The fourth-order valence-electron chi connectivity index (χ4n) is 3.18. The summed E-state index contributed by atoms with van der Waals surface area (Å²) in [7, 11) is 0. The van der Waals surface area contributed by atoms with Crippen molar-refractivity contribution in [2.24, 2.45) is 11.8 Å². The van der Waals surface area contributed by atoms with Crippen LogP contribution in [0, 0.1) is 18.8 Å². The van der Waals surface area contributed by atoms with Gasteiger partial charge in [0.2, 0.25) is 5.91 Å². The van der Waals surface area contributed by atoms with Crippen LogP contribution in [0.4, 0.5) is 0 Å². The maximum Gasteiger partial charge on any atom is 0.219 e. The van der Waals surface area contributed by atoms with Gasteiger partial charge in [-0.15, -0.1) is 0 Å². The van der Waals surface area contributed by atoms with E-state index >= 15 is 0 Å². The largest absolute Gasteiger partial charge is 0.342 e. The van der Waals surface area contributed by atoms with Crippen LogP contribution in [0.3, 0.4) is 0 Å². The van der Waals surface area contributed by atoms with Gasteiger partial charge in [-0.3, -0.25) is 4.79 Å². The third-order valence-corrected chi connectivity index (χ3v) is 4.33. The highest BCUT2D eigenvalue weighted by Crippen LogP contribution is 2.29. The molecular weight excluding hydrogens is 260 g/mol. The van der Waals surface area contributed by atoms with E-state index in [2.05, 4.69) is 50.4 Å². The monoisotopic (exact) mass is 288 g/mol. The average molecular weight is 288 g/mol. The summed E-state index contributed by atoms with van der Waals surface area (Å²) >= 11 is 0. The first kappa shape index (κ1) is 16.0. The predicted molar refractivity (Wildman–Crippen MR) is 87.4 cm³/mol. The van der Waals surface area contributed by atoms with E-state index in [0.717, 1.165) is 26.2 Å². The van der Waals surface area contributed by atoms with E-state index in [4.69, 9.17) is 0 Å². The number of benzene rings is 1. The average Bonchev–Trinajstić information content (AvgIpc) is 2.86. The Kier molecular flexibility index (Phi) is 5.40. The summed E-state index contributed by atoms with van der Waals surface area (Å²) < 4.78 is 0. The van der Waals surface area contributed by atoms with Crippen molar-refractivity contribution < 1.29 is 4.79 Å². The van der Waals surface area contributed by atoms with E-state index < -0.39 is 0 Å². The van der Waals surface area contributed by atoms with E-state index in [9.17, 15) is 4.79 Å². The van der Waals surface area contributed by atoms with Gasteiger partial charge in [0, 0.05) is 39.0 Å². The molecule has 1 aliphatic rings. The molecule has 0 aromatic heterocycles. The summed E-state index contributed by atoms with van der Waals surface area (Å²) in [5.74, 6) is 1.73. The van der Waals surface area contributed by atoms with E-state index in [-0.39, 0.29) is 5.91 Å². The van der Waals surface area contributed by atoms with Gasteiger partial charge in [-0.2, -0.15) is 0 Å². The number of aryl methyl sites for hydroxylation is 1.